The molecular weight excluding hydrogens is 1010 g/mol. The van der Waals surface area contributed by atoms with Crippen LogP contribution in [-0.4, -0.2) is 75.1 Å². The predicted octanol–water partition coefficient (Wildman–Crippen LogP) is 8.77. The van der Waals surface area contributed by atoms with E-state index in [1.165, 1.54) is 54.6 Å². The number of hydrogen-bond acceptors (Lipinski definition) is 19. The number of hydrogen-bond donors (Lipinski definition) is 8. The molecule has 0 aliphatic carbocycles. The smallest absolute Gasteiger partial charge is 0.296 e. The fourth-order valence-electron chi connectivity index (χ4n) is 7.03. The van der Waals surface area contributed by atoms with Crippen LogP contribution in [0.2, 0.25) is 0 Å². The first-order valence-electron chi connectivity index (χ1n) is 18.7. The molecule has 0 spiro atoms. The van der Waals surface area contributed by atoms with Gasteiger partial charge < -0.3 is 15.9 Å². The zero-order valence-electron chi connectivity index (χ0n) is 33.9. The second-order valence-corrected chi connectivity index (χ2v) is 21.6. The molecule has 0 heterocycles. The number of anilines is 1. The number of nitrogen functional groups attached to an aromatic ring is 1. The fraction of sp³-hybridized carbons (Fsp3) is 0. The maximum Gasteiger partial charge on any atom is 0.296 e. The van der Waals surface area contributed by atoms with Gasteiger partial charge >= 0.3 is 0 Å². The molecule has 9 N–H and O–H groups in total. The Balaban J connectivity index is 1.24. The molecule has 354 valence electrons. The molecular formula is C40H27N7O17S5. The minimum Gasteiger partial charge on any atom is -0.507 e. The van der Waals surface area contributed by atoms with Gasteiger partial charge in [0.2, 0.25) is 0 Å². The van der Waals surface area contributed by atoms with E-state index in [1.807, 2.05) is 0 Å². The van der Waals surface area contributed by atoms with Gasteiger partial charge in [0.15, 0.2) is 5.75 Å². The molecule has 0 saturated carbocycles. The number of fused-ring (bicyclic) bond motifs is 4. The number of azo groups is 3. The van der Waals surface area contributed by atoms with Gasteiger partial charge in [0.25, 0.3) is 50.6 Å². The first kappa shape index (κ1) is 48.0. The number of phenols is 2. The second kappa shape index (κ2) is 17.0. The molecule has 0 atom stereocenters. The molecule has 0 aliphatic heterocycles. The van der Waals surface area contributed by atoms with Crippen molar-refractivity contribution in [1.29, 1.82) is 0 Å². The van der Waals surface area contributed by atoms with E-state index in [-0.39, 0.29) is 77.3 Å². The standard InChI is InChI=1S/C40H27N7O17S5/c41-30-18-26-19(13-37(30)68(59,60)61)14-38(69(62,63)64)39(40(26)49)47-46-32-8-10-35(28-16-21(66(53,54)55)2-5-24(28)32)44-42-31-7-9-34(27-15-20(65(50,51)52)1-4-23(27)31)45-43-33-11-12-36(48)29-17-22(67(56,57)58)3-6-25(29)33/h1-18,48-49H,41H2,(H,50,51,52)(H,53,54,55)(H,56,57,58)(H,59,60,61)(H,62,63,64). The SMILES string of the molecule is Nc1cc2c(O)c(N=Nc3ccc(N=Nc4ccc(N=Nc5ccc(O)c6cc(S(=O)(=O)O)ccc56)c5cc(S(=O)(=O)O)ccc45)c4cc(S(=O)(=O)O)ccc34)c(S(=O)(=O)O)cc2cc1S(=O)(=O)O. The van der Waals surface area contributed by atoms with Gasteiger partial charge in [-0.05, 0) is 96.4 Å². The Morgan fingerprint density at radius 3 is 1.10 bits per heavy atom. The summed E-state index contributed by atoms with van der Waals surface area (Å²) in [7, 11) is -24.5. The van der Waals surface area contributed by atoms with E-state index < -0.39 is 92.2 Å². The summed E-state index contributed by atoms with van der Waals surface area (Å²) in [6.07, 6.45) is 0. The van der Waals surface area contributed by atoms with E-state index in [1.54, 1.807) is 0 Å². The molecule has 0 radical (unpaired) electrons. The van der Waals surface area contributed by atoms with Gasteiger partial charge in [0.05, 0.1) is 48.8 Å². The summed E-state index contributed by atoms with van der Waals surface area (Å²) in [6, 6.07) is 20.0. The van der Waals surface area contributed by atoms with Crippen LogP contribution in [-0.2, 0) is 50.6 Å². The van der Waals surface area contributed by atoms with Crippen LogP contribution in [0.5, 0.6) is 11.5 Å². The van der Waals surface area contributed by atoms with E-state index in [9.17, 15) is 75.1 Å². The lowest BCUT2D eigenvalue weighted by Gasteiger charge is -2.11. The van der Waals surface area contributed by atoms with Crippen molar-refractivity contribution in [2.75, 3.05) is 5.73 Å². The first-order valence-corrected chi connectivity index (χ1v) is 25.9. The summed E-state index contributed by atoms with van der Waals surface area (Å²) in [5.74, 6) is -1.30. The van der Waals surface area contributed by atoms with Crippen molar-refractivity contribution < 1.29 is 75.1 Å². The number of nitrogens with two attached hydrogens (primary N) is 1. The molecule has 24 nitrogen and oxygen atoms in total. The molecule has 69 heavy (non-hydrogen) atoms. The Bertz CT molecular complexity index is 4260. The van der Waals surface area contributed by atoms with Crippen molar-refractivity contribution in [3.63, 3.8) is 0 Å². The highest BCUT2D eigenvalue weighted by molar-refractivity contribution is 7.87. The van der Waals surface area contributed by atoms with Gasteiger partial charge in [0, 0.05) is 37.7 Å². The van der Waals surface area contributed by atoms with E-state index in [2.05, 4.69) is 30.7 Å². The number of phenolic OH excluding ortho intramolecular Hbond substituents is 2. The molecule has 8 aromatic carbocycles. The van der Waals surface area contributed by atoms with Crippen LogP contribution >= 0.6 is 0 Å². The maximum absolute atomic E-state index is 12.5. The van der Waals surface area contributed by atoms with E-state index in [0.29, 0.717) is 0 Å². The highest BCUT2D eigenvalue weighted by Gasteiger charge is 2.25. The zero-order chi connectivity index (χ0) is 50.2. The summed E-state index contributed by atoms with van der Waals surface area (Å²) >= 11 is 0. The van der Waals surface area contributed by atoms with Gasteiger partial charge in [-0.2, -0.15) is 42.1 Å². The number of rotatable bonds is 11. The van der Waals surface area contributed by atoms with Gasteiger partial charge in [-0.25, -0.2) is 0 Å². The number of aromatic hydroxyl groups is 2. The molecule has 0 bridgehead atoms. The highest BCUT2D eigenvalue weighted by atomic mass is 32.2. The summed E-state index contributed by atoms with van der Waals surface area (Å²) < 4.78 is 170. The van der Waals surface area contributed by atoms with Crippen molar-refractivity contribution in [3.05, 3.63) is 109 Å². The van der Waals surface area contributed by atoms with Crippen LogP contribution < -0.4 is 5.73 Å². The number of benzene rings is 8. The van der Waals surface area contributed by atoms with Crippen LogP contribution in [0.25, 0.3) is 43.1 Å². The van der Waals surface area contributed by atoms with E-state index >= 15 is 0 Å². The lowest BCUT2D eigenvalue weighted by molar-refractivity contribution is 0.472. The molecule has 0 saturated heterocycles. The van der Waals surface area contributed by atoms with Crippen molar-refractivity contribution in [2.45, 2.75) is 24.5 Å². The normalized spacial score (nSPS) is 13.3. The van der Waals surface area contributed by atoms with Gasteiger partial charge in [-0.3, -0.25) is 22.8 Å². The highest BCUT2D eigenvalue weighted by Crippen LogP contribution is 2.45. The van der Waals surface area contributed by atoms with E-state index in [0.717, 1.165) is 54.6 Å². The number of nitrogens with zero attached hydrogens (tertiary/aromatic N) is 6. The quantitative estimate of drug-likeness (QED) is 0.0340. The third kappa shape index (κ3) is 9.53. The van der Waals surface area contributed by atoms with Crippen molar-refractivity contribution in [2.24, 2.45) is 30.7 Å². The third-order valence-electron chi connectivity index (χ3n) is 10.2. The van der Waals surface area contributed by atoms with Crippen LogP contribution in [0.15, 0.2) is 164 Å². The Hall–Kier alpha value is -7.45. The Labute approximate surface area is 388 Å². The fourth-order valence-corrected chi connectivity index (χ4v) is 9.84. The average molecular weight is 1040 g/mol. The minimum atomic E-state index is -5.24. The molecule has 8 aromatic rings. The summed E-state index contributed by atoms with van der Waals surface area (Å²) in [6.45, 7) is 0. The molecule has 0 fully saturated rings. The van der Waals surface area contributed by atoms with Crippen LogP contribution in [0.1, 0.15) is 0 Å². The molecule has 0 aromatic heterocycles. The topological polar surface area (TPSA) is 412 Å². The monoisotopic (exact) mass is 1040 g/mol. The van der Waals surface area contributed by atoms with Crippen molar-refractivity contribution in [1.82, 2.24) is 0 Å². The Kier molecular flexibility index (Phi) is 11.8. The third-order valence-corrected chi connectivity index (χ3v) is 14.6. The van der Waals surface area contributed by atoms with Gasteiger partial charge in [-0.15, -0.1) is 30.7 Å². The molecule has 0 aliphatic rings. The Morgan fingerprint density at radius 1 is 0.348 bits per heavy atom. The average Bonchev–Trinajstić information content (AvgIpc) is 3.26. The Morgan fingerprint density at radius 2 is 0.696 bits per heavy atom. The summed E-state index contributed by atoms with van der Waals surface area (Å²) in [4.78, 5) is -3.58. The van der Waals surface area contributed by atoms with Crippen LogP contribution in [0.3, 0.4) is 0 Å². The van der Waals surface area contributed by atoms with Crippen LogP contribution in [0, 0.1) is 0 Å². The minimum absolute atomic E-state index is 0.00381. The summed E-state index contributed by atoms with van der Waals surface area (Å²) in [5, 5.41) is 46.3. The van der Waals surface area contributed by atoms with E-state index in [4.69, 9.17) is 5.73 Å². The lowest BCUT2D eigenvalue weighted by Crippen LogP contribution is -2.04. The first-order chi connectivity index (χ1) is 32.1. The second-order valence-electron chi connectivity index (χ2n) is 14.6. The maximum atomic E-state index is 12.5. The molecule has 29 heteroatoms. The molecule has 0 amide bonds. The largest absolute Gasteiger partial charge is 0.507 e. The van der Waals surface area contributed by atoms with Gasteiger partial charge in [0.1, 0.15) is 21.2 Å². The van der Waals surface area contributed by atoms with Crippen molar-refractivity contribution >= 4 is 133 Å². The van der Waals surface area contributed by atoms with Gasteiger partial charge in [-0.1, -0.05) is 18.2 Å². The molecule has 0 unspecified atom stereocenters. The van der Waals surface area contributed by atoms with Crippen LogP contribution in [0.4, 0.5) is 39.8 Å². The molecule has 8 rings (SSSR count). The van der Waals surface area contributed by atoms with Crippen molar-refractivity contribution in [3.8, 4) is 11.5 Å². The zero-order valence-corrected chi connectivity index (χ0v) is 38.0. The lowest BCUT2D eigenvalue weighted by atomic mass is 10.1. The summed E-state index contributed by atoms with van der Waals surface area (Å²) in [5.41, 5.74) is 4.27. The predicted molar refractivity (Wildman–Crippen MR) is 245 cm³/mol.